The van der Waals surface area contributed by atoms with Crippen LogP contribution in [0.1, 0.15) is 22.5 Å². The van der Waals surface area contributed by atoms with Crippen molar-refractivity contribution in [3.8, 4) is 0 Å². The summed E-state index contributed by atoms with van der Waals surface area (Å²) in [4.78, 5) is 13.6. The molecule has 20 heavy (non-hydrogen) atoms. The summed E-state index contributed by atoms with van der Waals surface area (Å²) < 4.78 is 27.8. The van der Waals surface area contributed by atoms with Crippen LogP contribution in [0.15, 0.2) is 24.4 Å². The van der Waals surface area contributed by atoms with Crippen LogP contribution in [-0.2, 0) is 13.0 Å². The number of hydrogen-bond donors (Lipinski definition) is 2. The third-order valence-corrected chi connectivity index (χ3v) is 3.20. The number of nitrogens with one attached hydrogen (secondary N) is 1. The Labute approximate surface area is 118 Å². The number of imidazole rings is 1. The van der Waals surface area contributed by atoms with E-state index in [1.807, 2.05) is 0 Å². The molecule has 0 atom stereocenters. The van der Waals surface area contributed by atoms with Crippen molar-refractivity contribution >= 4 is 18.2 Å². The molecule has 1 heterocycles. The van der Waals surface area contributed by atoms with Gasteiger partial charge >= 0.3 is 5.97 Å². The van der Waals surface area contributed by atoms with Crippen LogP contribution in [-0.4, -0.2) is 20.6 Å². The van der Waals surface area contributed by atoms with Gasteiger partial charge in [-0.3, -0.25) is 0 Å². The van der Waals surface area contributed by atoms with Gasteiger partial charge in [0.2, 0.25) is 0 Å². The third-order valence-electron chi connectivity index (χ3n) is 2.86. The zero-order valence-electron chi connectivity index (χ0n) is 10.4. The third kappa shape index (κ3) is 3.30. The van der Waals surface area contributed by atoms with Gasteiger partial charge in [0.15, 0.2) is 4.77 Å². The number of hydrogen-bond acceptors (Lipinski definition) is 2. The van der Waals surface area contributed by atoms with E-state index in [2.05, 4.69) is 4.98 Å². The highest BCUT2D eigenvalue weighted by molar-refractivity contribution is 7.71. The van der Waals surface area contributed by atoms with E-state index in [-0.39, 0.29) is 5.69 Å². The topological polar surface area (TPSA) is 58.0 Å². The molecule has 0 radical (unpaired) electrons. The number of aromatic nitrogens is 2. The number of aromatic amines is 1. The molecule has 2 N–H and O–H groups in total. The van der Waals surface area contributed by atoms with Crippen molar-refractivity contribution in [1.29, 1.82) is 0 Å². The number of benzene rings is 1. The lowest BCUT2D eigenvalue weighted by Gasteiger charge is -2.06. The monoisotopic (exact) mass is 298 g/mol. The zero-order chi connectivity index (χ0) is 14.7. The second kappa shape index (κ2) is 5.96. The molecule has 0 amide bonds. The van der Waals surface area contributed by atoms with E-state index in [1.165, 1.54) is 22.9 Å². The Kier molecular flexibility index (Phi) is 4.29. The average molecular weight is 298 g/mol. The van der Waals surface area contributed by atoms with Gasteiger partial charge in [-0.15, -0.1) is 0 Å². The highest BCUT2D eigenvalue weighted by Crippen LogP contribution is 2.11. The molecule has 7 heteroatoms. The fraction of sp³-hybridized carbons (Fsp3) is 0.231. The van der Waals surface area contributed by atoms with Crippen molar-refractivity contribution in [3.63, 3.8) is 0 Å². The number of rotatable bonds is 5. The van der Waals surface area contributed by atoms with Crippen LogP contribution in [0.2, 0.25) is 0 Å². The molecule has 0 saturated carbocycles. The summed E-state index contributed by atoms with van der Waals surface area (Å²) in [6, 6.07) is 3.34. The summed E-state index contributed by atoms with van der Waals surface area (Å²) >= 11 is 4.99. The Bertz CT molecular complexity index is 674. The first-order valence-corrected chi connectivity index (χ1v) is 6.34. The maximum absolute atomic E-state index is 13.0. The Morgan fingerprint density at radius 1 is 1.30 bits per heavy atom. The molecule has 2 rings (SSSR count). The molecule has 0 saturated heterocycles. The van der Waals surface area contributed by atoms with Crippen molar-refractivity contribution < 1.29 is 18.7 Å². The predicted octanol–water partition coefficient (Wildman–Crippen LogP) is 3.15. The number of carboxylic acid groups (broad SMARTS) is 1. The number of H-pyrrole nitrogens is 1. The smallest absolute Gasteiger partial charge is 0.354 e. The first kappa shape index (κ1) is 14.4. The van der Waals surface area contributed by atoms with Crippen molar-refractivity contribution in [3.05, 3.63) is 52.1 Å². The zero-order valence-corrected chi connectivity index (χ0v) is 11.2. The van der Waals surface area contributed by atoms with Gasteiger partial charge in [0, 0.05) is 18.8 Å². The van der Waals surface area contributed by atoms with Crippen LogP contribution >= 0.6 is 12.2 Å². The Hall–Kier alpha value is -2.02. The summed E-state index contributed by atoms with van der Waals surface area (Å²) in [7, 11) is 0. The first-order chi connectivity index (χ1) is 9.47. The van der Waals surface area contributed by atoms with Gasteiger partial charge in [0.05, 0.1) is 0 Å². The van der Waals surface area contributed by atoms with Crippen LogP contribution in [0, 0.1) is 16.4 Å². The van der Waals surface area contributed by atoms with E-state index in [9.17, 15) is 13.6 Å². The minimum atomic E-state index is -1.07. The van der Waals surface area contributed by atoms with Gasteiger partial charge in [0.25, 0.3) is 0 Å². The van der Waals surface area contributed by atoms with Crippen LogP contribution in [0.5, 0.6) is 0 Å². The van der Waals surface area contributed by atoms with Gasteiger partial charge in [0.1, 0.15) is 17.3 Å². The summed E-state index contributed by atoms with van der Waals surface area (Å²) in [5.41, 5.74) is 0.599. The molecule has 0 aliphatic rings. The van der Waals surface area contributed by atoms with Gasteiger partial charge in [-0.05, 0) is 42.8 Å². The molecule has 106 valence electrons. The average Bonchev–Trinajstić information content (AvgIpc) is 2.70. The van der Waals surface area contributed by atoms with Crippen molar-refractivity contribution in [2.24, 2.45) is 0 Å². The molecular weight excluding hydrogens is 286 g/mol. The van der Waals surface area contributed by atoms with Crippen molar-refractivity contribution in [2.45, 2.75) is 19.4 Å². The van der Waals surface area contributed by atoms with Crippen LogP contribution in [0.4, 0.5) is 8.78 Å². The quantitative estimate of drug-likeness (QED) is 0.834. The standard InChI is InChI=1S/C13H12F2N2O2S/c14-9-4-8(5-10(15)6-9)2-1-3-17-11(12(18)19)7-16-13(17)20/h4-7H,1-3H2,(H,16,20)(H,18,19). The molecule has 0 fully saturated rings. The minimum absolute atomic E-state index is 0.0698. The van der Waals surface area contributed by atoms with Crippen molar-refractivity contribution in [1.82, 2.24) is 9.55 Å². The largest absolute Gasteiger partial charge is 0.477 e. The molecular formula is C13H12F2N2O2S. The van der Waals surface area contributed by atoms with Gasteiger partial charge in [-0.25, -0.2) is 13.6 Å². The maximum Gasteiger partial charge on any atom is 0.354 e. The highest BCUT2D eigenvalue weighted by atomic mass is 32.1. The highest BCUT2D eigenvalue weighted by Gasteiger charge is 2.10. The molecule has 2 aromatic rings. The second-order valence-electron chi connectivity index (χ2n) is 4.32. The van der Waals surface area contributed by atoms with E-state index in [1.54, 1.807) is 0 Å². The molecule has 0 spiro atoms. The van der Waals surface area contributed by atoms with E-state index in [0.29, 0.717) is 29.7 Å². The van der Waals surface area contributed by atoms with Gasteiger partial charge in [-0.1, -0.05) is 0 Å². The van der Waals surface area contributed by atoms with E-state index < -0.39 is 17.6 Å². The molecule has 1 aromatic carbocycles. The number of aromatic carboxylic acids is 1. The molecule has 0 bridgehead atoms. The Morgan fingerprint density at radius 2 is 1.95 bits per heavy atom. The lowest BCUT2D eigenvalue weighted by atomic mass is 10.1. The summed E-state index contributed by atoms with van der Waals surface area (Å²) in [6.07, 6.45) is 2.28. The SMILES string of the molecule is O=C(O)c1c[nH]c(=S)n1CCCc1cc(F)cc(F)c1. The molecule has 0 aliphatic heterocycles. The molecule has 1 aromatic heterocycles. The molecule has 0 aliphatic carbocycles. The van der Waals surface area contributed by atoms with E-state index in [4.69, 9.17) is 17.3 Å². The van der Waals surface area contributed by atoms with Crippen molar-refractivity contribution in [2.75, 3.05) is 0 Å². The minimum Gasteiger partial charge on any atom is -0.477 e. The Balaban J connectivity index is 2.05. The molecule has 0 unspecified atom stereocenters. The van der Waals surface area contributed by atoms with Crippen LogP contribution < -0.4 is 0 Å². The second-order valence-corrected chi connectivity index (χ2v) is 4.70. The summed E-state index contributed by atoms with van der Waals surface area (Å²) in [6.45, 7) is 0.363. The van der Waals surface area contributed by atoms with Gasteiger partial charge < -0.3 is 14.7 Å². The Morgan fingerprint density at radius 3 is 2.55 bits per heavy atom. The fourth-order valence-corrected chi connectivity index (χ4v) is 2.24. The molecule has 4 nitrogen and oxygen atoms in total. The normalized spacial score (nSPS) is 10.7. The number of nitrogens with zero attached hydrogens (tertiary/aromatic N) is 1. The number of carbonyl (C=O) groups is 1. The van der Waals surface area contributed by atoms with E-state index >= 15 is 0 Å². The van der Waals surface area contributed by atoms with Crippen LogP contribution in [0.3, 0.4) is 0 Å². The first-order valence-electron chi connectivity index (χ1n) is 5.94. The predicted molar refractivity (Wildman–Crippen MR) is 71.3 cm³/mol. The lowest BCUT2D eigenvalue weighted by molar-refractivity contribution is 0.0684. The number of aryl methyl sites for hydroxylation is 1. The van der Waals surface area contributed by atoms with Crippen LogP contribution in [0.25, 0.3) is 0 Å². The summed E-state index contributed by atoms with van der Waals surface area (Å²) in [5.74, 6) is -2.32. The number of halogens is 2. The van der Waals surface area contributed by atoms with Gasteiger partial charge in [-0.2, -0.15) is 0 Å². The van der Waals surface area contributed by atoms with E-state index in [0.717, 1.165) is 6.07 Å². The summed E-state index contributed by atoms with van der Waals surface area (Å²) in [5, 5.41) is 8.98. The lowest BCUT2D eigenvalue weighted by Crippen LogP contribution is -2.09. The maximum atomic E-state index is 13.0. The fourth-order valence-electron chi connectivity index (χ4n) is 1.99. The number of carboxylic acids is 1.